The Morgan fingerprint density at radius 2 is 2.05 bits per heavy atom. The molecule has 1 N–H and O–H groups in total. The number of unbranched alkanes of at least 4 members (excludes halogenated alkanes) is 1. The maximum atomic E-state index is 11.9. The number of carbonyl (C=O) groups excluding carboxylic acids is 1. The Morgan fingerprint density at radius 1 is 1.38 bits per heavy atom. The van der Waals surface area contributed by atoms with Gasteiger partial charge in [0.1, 0.15) is 6.54 Å². The molecule has 5 nitrogen and oxygen atoms in total. The van der Waals surface area contributed by atoms with Gasteiger partial charge >= 0.3 is 0 Å². The fourth-order valence-corrected chi connectivity index (χ4v) is 2.94. The molecule has 1 aromatic rings. The largest absolute Gasteiger partial charge is 0.355 e. The average molecular weight is 377 g/mol. The van der Waals surface area contributed by atoms with Gasteiger partial charge in [0.25, 0.3) is 0 Å². The van der Waals surface area contributed by atoms with Crippen molar-refractivity contribution >= 4 is 37.5 Å². The summed E-state index contributed by atoms with van der Waals surface area (Å²) in [6.07, 6.45) is 2.95. The van der Waals surface area contributed by atoms with Crippen molar-refractivity contribution in [3.8, 4) is 0 Å². The van der Waals surface area contributed by atoms with Crippen LogP contribution in [0.5, 0.6) is 0 Å². The highest BCUT2D eigenvalue weighted by atomic mass is 79.9. The van der Waals surface area contributed by atoms with E-state index in [0.717, 1.165) is 33.4 Å². The maximum Gasteiger partial charge on any atom is 0.240 e. The fourth-order valence-electron chi connectivity index (χ4n) is 1.73. The number of benzene rings is 1. The molecular formula is C14H21BrN2O3S. The van der Waals surface area contributed by atoms with Gasteiger partial charge < -0.3 is 5.32 Å². The van der Waals surface area contributed by atoms with E-state index in [4.69, 9.17) is 0 Å². The number of sulfonamides is 1. The smallest absolute Gasteiger partial charge is 0.240 e. The van der Waals surface area contributed by atoms with Crippen LogP contribution in [0.25, 0.3) is 0 Å². The lowest BCUT2D eigenvalue weighted by atomic mass is 10.2. The third-order valence-corrected chi connectivity index (χ3v) is 4.98. The summed E-state index contributed by atoms with van der Waals surface area (Å²) in [7, 11) is -3.52. The van der Waals surface area contributed by atoms with Gasteiger partial charge in [0.2, 0.25) is 15.9 Å². The number of carbonyl (C=O) groups is 1. The van der Waals surface area contributed by atoms with E-state index in [2.05, 4.69) is 21.2 Å². The fraction of sp³-hybridized carbons (Fsp3) is 0.500. The molecule has 0 unspecified atom stereocenters. The molecule has 0 spiro atoms. The first kappa shape index (κ1) is 18.0. The Balaban J connectivity index is 2.92. The minimum absolute atomic E-state index is 0.210. The zero-order valence-electron chi connectivity index (χ0n) is 12.5. The number of aryl methyl sites for hydroxylation is 1. The standard InChI is InChI=1S/C14H21BrN2O3S/c1-4-5-8-16-14(18)10-17(21(3,19)20)12-7-6-11(2)13(15)9-12/h6-7,9H,4-5,8,10H2,1-3H3,(H,16,18). The zero-order valence-corrected chi connectivity index (χ0v) is 14.9. The molecule has 21 heavy (non-hydrogen) atoms. The molecule has 1 aromatic carbocycles. The number of hydrogen-bond donors (Lipinski definition) is 1. The molecule has 1 rings (SSSR count). The van der Waals surface area contributed by atoms with Gasteiger partial charge in [0.15, 0.2) is 0 Å². The summed E-state index contributed by atoms with van der Waals surface area (Å²) in [5, 5.41) is 2.73. The second-order valence-corrected chi connectivity index (χ2v) is 7.67. The quantitative estimate of drug-likeness (QED) is 0.743. The van der Waals surface area contributed by atoms with E-state index in [1.807, 2.05) is 19.9 Å². The molecule has 0 bridgehead atoms. The first-order valence-electron chi connectivity index (χ1n) is 6.76. The van der Waals surface area contributed by atoms with Crippen molar-refractivity contribution in [3.63, 3.8) is 0 Å². The number of hydrogen-bond acceptors (Lipinski definition) is 3. The van der Waals surface area contributed by atoms with Crippen LogP contribution in [0.3, 0.4) is 0 Å². The molecule has 0 saturated heterocycles. The van der Waals surface area contributed by atoms with E-state index in [1.54, 1.807) is 12.1 Å². The molecule has 0 fully saturated rings. The molecule has 0 heterocycles. The number of nitrogens with zero attached hydrogens (tertiary/aromatic N) is 1. The number of amides is 1. The summed E-state index contributed by atoms with van der Waals surface area (Å²) in [5.41, 5.74) is 1.47. The Hall–Kier alpha value is -1.08. The molecule has 1 amide bonds. The Kier molecular flexibility index (Phi) is 6.67. The number of nitrogens with one attached hydrogen (secondary N) is 1. The summed E-state index contributed by atoms with van der Waals surface area (Å²) < 4.78 is 25.8. The van der Waals surface area contributed by atoms with E-state index in [0.29, 0.717) is 12.2 Å². The lowest BCUT2D eigenvalue weighted by Gasteiger charge is -2.22. The SMILES string of the molecule is CCCCNC(=O)CN(c1ccc(C)c(Br)c1)S(C)(=O)=O. The second kappa shape index (κ2) is 7.79. The highest BCUT2D eigenvalue weighted by Crippen LogP contribution is 2.25. The molecule has 0 aromatic heterocycles. The lowest BCUT2D eigenvalue weighted by molar-refractivity contribution is -0.119. The van der Waals surface area contributed by atoms with Crippen LogP contribution in [-0.2, 0) is 14.8 Å². The molecule has 118 valence electrons. The molecule has 0 atom stereocenters. The number of rotatable bonds is 7. The van der Waals surface area contributed by atoms with Gasteiger partial charge in [-0.05, 0) is 31.0 Å². The summed E-state index contributed by atoms with van der Waals surface area (Å²) in [6.45, 7) is 4.29. The van der Waals surface area contributed by atoms with Crippen LogP contribution < -0.4 is 9.62 Å². The van der Waals surface area contributed by atoms with Crippen LogP contribution in [0.15, 0.2) is 22.7 Å². The van der Waals surface area contributed by atoms with Crippen molar-refractivity contribution in [3.05, 3.63) is 28.2 Å². The average Bonchev–Trinajstić information content (AvgIpc) is 2.38. The zero-order chi connectivity index (χ0) is 16.0. The highest BCUT2D eigenvalue weighted by molar-refractivity contribution is 9.10. The topological polar surface area (TPSA) is 66.5 Å². The highest BCUT2D eigenvalue weighted by Gasteiger charge is 2.21. The summed E-state index contributed by atoms with van der Waals surface area (Å²) in [4.78, 5) is 11.9. The first-order chi connectivity index (χ1) is 9.75. The minimum Gasteiger partial charge on any atom is -0.355 e. The third-order valence-electron chi connectivity index (χ3n) is 2.98. The van der Waals surface area contributed by atoms with E-state index in [-0.39, 0.29) is 12.5 Å². The molecular weight excluding hydrogens is 356 g/mol. The van der Waals surface area contributed by atoms with Crippen LogP contribution in [0, 0.1) is 6.92 Å². The van der Waals surface area contributed by atoms with Crippen molar-refractivity contribution in [2.45, 2.75) is 26.7 Å². The Bertz CT molecular complexity index is 602. The Morgan fingerprint density at radius 3 is 2.57 bits per heavy atom. The molecule has 0 saturated carbocycles. The molecule has 7 heteroatoms. The van der Waals surface area contributed by atoms with E-state index in [9.17, 15) is 13.2 Å². The second-order valence-electron chi connectivity index (χ2n) is 4.91. The van der Waals surface area contributed by atoms with Crippen LogP contribution in [0.1, 0.15) is 25.3 Å². The van der Waals surface area contributed by atoms with E-state index >= 15 is 0 Å². The van der Waals surface area contributed by atoms with Gasteiger partial charge in [-0.2, -0.15) is 0 Å². The monoisotopic (exact) mass is 376 g/mol. The normalized spacial score (nSPS) is 11.2. The number of halogens is 1. The summed E-state index contributed by atoms with van der Waals surface area (Å²) >= 11 is 3.38. The molecule has 0 aliphatic heterocycles. The van der Waals surface area contributed by atoms with Gasteiger partial charge in [0, 0.05) is 11.0 Å². The van der Waals surface area contributed by atoms with Crippen molar-refractivity contribution in [2.75, 3.05) is 23.7 Å². The van der Waals surface area contributed by atoms with E-state index < -0.39 is 10.0 Å². The molecule has 0 radical (unpaired) electrons. The summed E-state index contributed by atoms with van der Waals surface area (Å²) in [5.74, 6) is -0.300. The van der Waals surface area contributed by atoms with Gasteiger partial charge in [-0.15, -0.1) is 0 Å². The van der Waals surface area contributed by atoms with Crippen molar-refractivity contribution in [1.82, 2.24) is 5.32 Å². The molecule has 0 aliphatic carbocycles. The van der Waals surface area contributed by atoms with Crippen LogP contribution in [0.4, 0.5) is 5.69 Å². The third kappa shape index (κ3) is 5.67. The van der Waals surface area contributed by atoms with Crippen LogP contribution in [0.2, 0.25) is 0 Å². The predicted octanol–water partition coefficient (Wildman–Crippen LogP) is 2.44. The van der Waals surface area contributed by atoms with E-state index in [1.165, 1.54) is 0 Å². The first-order valence-corrected chi connectivity index (χ1v) is 9.40. The van der Waals surface area contributed by atoms with Crippen molar-refractivity contribution in [1.29, 1.82) is 0 Å². The van der Waals surface area contributed by atoms with Gasteiger partial charge in [0.05, 0.1) is 11.9 Å². The number of anilines is 1. The van der Waals surface area contributed by atoms with Crippen molar-refractivity contribution in [2.24, 2.45) is 0 Å². The maximum absolute atomic E-state index is 11.9. The Labute approximate surface area is 134 Å². The van der Waals surface area contributed by atoms with Crippen LogP contribution in [-0.4, -0.2) is 33.7 Å². The molecule has 0 aliphatic rings. The van der Waals surface area contributed by atoms with Crippen molar-refractivity contribution < 1.29 is 13.2 Å². The van der Waals surface area contributed by atoms with Crippen LogP contribution >= 0.6 is 15.9 Å². The predicted molar refractivity (Wildman–Crippen MR) is 89.0 cm³/mol. The minimum atomic E-state index is -3.52. The lowest BCUT2D eigenvalue weighted by Crippen LogP contribution is -2.40. The summed E-state index contributed by atoms with van der Waals surface area (Å²) in [6, 6.07) is 5.21. The van der Waals surface area contributed by atoms with Gasteiger partial charge in [-0.25, -0.2) is 8.42 Å². The van der Waals surface area contributed by atoms with Gasteiger partial charge in [-0.3, -0.25) is 9.10 Å². The van der Waals surface area contributed by atoms with Gasteiger partial charge in [-0.1, -0.05) is 35.3 Å².